The summed E-state index contributed by atoms with van der Waals surface area (Å²) in [7, 11) is -3.68. The number of primary sulfonamides is 1. The zero-order valence-electron chi connectivity index (χ0n) is 7.27. The maximum atomic E-state index is 11.2. The third-order valence-electron chi connectivity index (χ3n) is 1.97. The molecule has 14 heavy (non-hydrogen) atoms. The number of fused-ring (bicyclic) bond motifs is 1. The SMILES string of the molecule is NS(=O)(=O)c1[c]ccc2ccccc12. The van der Waals surface area contributed by atoms with Gasteiger partial charge in [-0.25, -0.2) is 13.6 Å². The first kappa shape index (κ1) is 9.18. The predicted octanol–water partition coefficient (Wildman–Crippen LogP) is 1.29. The van der Waals surface area contributed by atoms with Gasteiger partial charge in [-0.3, -0.25) is 0 Å². The lowest BCUT2D eigenvalue weighted by molar-refractivity contribution is 0.598. The molecule has 71 valence electrons. The first-order chi connectivity index (χ1) is 6.59. The van der Waals surface area contributed by atoms with Crippen LogP contribution in [0.15, 0.2) is 41.3 Å². The Morgan fingerprint density at radius 2 is 1.86 bits per heavy atom. The minimum absolute atomic E-state index is 0.0515. The molecule has 0 amide bonds. The van der Waals surface area contributed by atoms with Crippen molar-refractivity contribution in [1.82, 2.24) is 0 Å². The van der Waals surface area contributed by atoms with Gasteiger partial charge in [0.15, 0.2) is 0 Å². The van der Waals surface area contributed by atoms with Crippen molar-refractivity contribution in [2.75, 3.05) is 0 Å². The summed E-state index contributed by atoms with van der Waals surface area (Å²) in [5.41, 5.74) is 0. The average Bonchev–Trinajstić information content (AvgIpc) is 2.15. The van der Waals surface area contributed by atoms with Crippen LogP contribution in [0.25, 0.3) is 10.8 Å². The van der Waals surface area contributed by atoms with Gasteiger partial charge in [0.25, 0.3) is 0 Å². The number of hydrogen-bond donors (Lipinski definition) is 1. The van der Waals surface area contributed by atoms with Crippen LogP contribution >= 0.6 is 0 Å². The van der Waals surface area contributed by atoms with Gasteiger partial charge in [0.2, 0.25) is 10.0 Å². The van der Waals surface area contributed by atoms with Crippen molar-refractivity contribution in [3.05, 3.63) is 42.5 Å². The van der Waals surface area contributed by atoms with Gasteiger partial charge < -0.3 is 0 Å². The molecule has 3 nitrogen and oxygen atoms in total. The van der Waals surface area contributed by atoms with Gasteiger partial charge in [-0.1, -0.05) is 36.4 Å². The Labute approximate surface area is 82.2 Å². The lowest BCUT2D eigenvalue weighted by atomic mass is 10.1. The summed E-state index contributed by atoms with van der Waals surface area (Å²) in [6, 6.07) is 13.1. The van der Waals surface area contributed by atoms with Gasteiger partial charge >= 0.3 is 0 Å². The molecule has 0 fully saturated rings. The Hall–Kier alpha value is -1.39. The highest BCUT2D eigenvalue weighted by atomic mass is 32.2. The third kappa shape index (κ3) is 1.49. The molecule has 2 rings (SSSR count). The van der Waals surface area contributed by atoms with Crippen LogP contribution < -0.4 is 5.14 Å². The van der Waals surface area contributed by atoms with Crippen LogP contribution in [-0.4, -0.2) is 8.42 Å². The maximum Gasteiger partial charge on any atom is 0.239 e. The summed E-state index contributed by atoms with van der Waals surface area (Å²) in [5, 5.41) is 6.52. The van der Waals surface area contributed by atoms with E-state index in [2.05, 4.69) is 6.07 Å². The predicted molar refractivity (Wildman–Crippen MR) is 54.2 cm³/mol. The summed E-state index contributed by atoms with van der Waals surface area (Å²) in [6.45, 7) is 0. The van der Waals surface area contributed by atoms with Gasteiger partial charge in [-0.15, -0.1) is 0 Å². The molecule has 2 aromatic carbocycles. The molecule has 0 bridgehead atoms. The molecule has 4 heteroatoms. The fraction of sp³-hybridized carbons (Fsp3) is 0. The van der Waals surface area contributed by atoms with Gasteiger partial charge in [0, 0.05) is 11.5 Å². The molecule has 0 atom stereocenters. The van der Waals surface area contributed by atoms with Gasteiger partial charge in [0.05, 0.1) is 4.90 Å². The van der Waals surface area contributed by atoms with Gasteiger partial charge in [-0.05, 0) is 5.39 Å². The summed E-state index contributed by atoms with van der Waals surface area (Å²) in [6.07, 6.45) is 0. The van der Waals surface area contributed by atoms with E-state index in [1.165, 1.54) is 0 Å². The molecule has 0 heterocycles. The second-order valence-corrected chi connectivity index (χ2v) is 4.44. The quantitative estimate of drug-likeness (QED) is 0.764. The number of benzene rings is 2. The van der Waals surface area contributed by atoms with E-state index in [-0.39, 0.29) is 4.90 Å². The zero-order valence-corrected chi connectivity index (χ0v) is 8.08. The minimum atomic E-state index is -3.68. The molecule has 0 spiro atoms. The van der Waals surface area contributed by atoms with Crippen LogP contribution in [0, 0.1) is 6.07 Å². The monoisotopic (exact) mass is 206 g/mol. The molecular formula is C10H8NO2S. The highest BCUT2D eigenvalue weighted by Gasteiger charge is 2.11. The molecule has 1 radical (unpaired) electrons. The van der Waals surface area contributed by atoms with Crippen molar-refractivity contribution in [3.8, 4) is 0 Å². The third-order valence-corrected chi connectivity index (χ3v) is 2.87. The Bertz CT molecular complexity index is 570. The van der Waals surface area contributed by atoms with Gasteiger partial charge in [0.1, 0.15) is 0 Å². The number of rotatable bonds is 1. The van der Waals surface area contributed by atoms with Crippen molar-refractivity contribution in [2.24, 2.45) is 5.14 Å². The second kappa shape index (κ2) is 3.08. The summed E-state index contributed by atoms with van der Waals surface area (Å²) in [5.74, 6) is 0. The number of sulfonamides is 1. The van der Waals surface area contributed by atoms with Crippen molar-refractivity contribution in [2.45, 2.75) is 4.90 Å². The molecule has 2 aromatic rings. The molecule has 0 aliphatic heterocycles. The average molecular weight is 206 g/mol. The van der Waals surface area contributed by atoms with Gasteiger partial charge in [-0.2, -0.15) is 0 Å². The normalized spacial score (nSPS) is 11.8. The summed E-state index contributed by atoms with van der Waals surface area (Å²) in [4.78, 5) is 0.0515. The minimum Gasteiger partial charge on any atom is -0.225 e. The molecule has 0 aliphatic rings. The van der Waals surface area contributed by atoms with Crippen LogP contribution in [0.5, 0.6) is 0 Å². The van der Waals surface area contributed by atoms with E-state index in [1.54, 1.807) is 24.3 Å². The van der Waals surface area contributed by atoms with E-state index >= 15 is 0 Å². The molecule has 0 unspecified atom stereocenters. The van der Waals surface area contributed by atoms with Crippen molar-refractivity contribution in [3.63, 3.8) is 0 Å². The molecule has 0 saturated heterocycles. The van der Waals surface area contributed by atoms with Crippen LogP contribution in [0.2, 0.25) is 0 Å². The fourth-order valence-corrected chi connectivity index (χ4v) is 2.09. The Kier molecular flexibility index (Phi) is 2.02. The number of hydrogen-bond acceptors (Lipinski definition) is 2. The Morgan fingerprint density at radius 1 is 1.14 bits per heavy atom. The van der Waals surface area contributed by atoms with Crippen LogP contribution in [-0.2, 0) is 10.0 Å². The molecule has 0 aliphatic carbocycles. The first-order valence-corrected chi connectivity index (χ1v) is 5.56. The smallest absolute Gasteiger partial charge is 0.225 e. The fourth-order valence-electron chi connectivity index (χ4n) is 1.37. The van der Waals surface area contributed by atoms with E-state index in [0.717, 1.165) is 5.39 Å². The Morgan fingerprint density at radius 3 is 2.57 bits per heavy atom. The standard InChI is InChI=1S/C10H8NO2S/c11-14(12,13)10-7-3-5-8-4-1-2-6-9(8)10/h1-6H,(H2,11,12,13). The van der Waals surface area contributed by atoms with Crippen LogP contribution in [0.4, 0.5) is 0 Å². The lowest BCUT2D eigenvalue weighted by Gasteiger charge is -2.02. The van der Waals surface area contributed by atoms with E-state index in [9.17, 15) is 8.42 Å². The van der Waals surface area contributed by atoms with Crippen molar-refractivity contribution in [1.29, 1.82) is 0 Å². The lowest BCUT2D eigenvalue weighted by Crippen LogP contribution is -2.12. The second-order valence-electron chi connectivity index (χ2n) is 2.94. The highest BCUT2D eigenvalue weighted by molar-refractivity contribution is 7.89. The van der Waals surface area contributed by atoms with Crippen molar-refractivity contribution >= 4 is 20.8 Å². The van der Waals surface area contributed by atoms with Crippen LogP contribution in [0.1, 0.15) is 0 Å². The summed E-state index contributed by atoms with van der Waals surface area (Å²) < 4.78 is 22.4. The van der Waals surface area contributed by atoms with E-state index < -0.39 is 10.0 Å². The zero-order chi connectivity index (χ0) is 10.2. The largest absolute Gasteiger partial charge is 0.239 e. The molecule has 0 aromatic heterocycles. The number of nitrogens with two attached hydrogens (primary N) is 1. The van der Waals surface area contributed by atoms with E-state index in [4.69, 9.17) is 5.14 Å². The highest BCUT2D eigenvalue weighted by Crippen LogP contribution is 2.20. The van der Waals surface area contributed by atoms with Crippen LogP contribution in [0.3, 0.4) is 0 Å². The summed E-state index contributed by atoms with van der Waals surface area (Å²) >= 11 is 0. The molecule has 2 N–H and O–H groups in total. The topological polar surface area (TPSA) is 60.2 Å². The first-order valence-electron chi connectivity index (χ1n) is 4.01. The van der Waals surface area contributed by atoms with E-state index in [0.29, 0.717) is 5.39 Å². The molecular weight excluding hydrogens is 198 g/mol. The Balaban J connectivity index is 2.92. The maximum absolute atomic E-state index is 11.2. The van der Waals surface area contributed by atoms with E-state index in [1.807, 2.05) is 12.1 Å². The molecule has 0 saturated carbocycles. The van der Waals surface area contributed by atoms with Crippen molar-refractivity contribution < 1.29 is 8.42 Å².